The van der Waals surface area contributed by atoms with Crippen molar-refractivity contribution in [1.29, 1.82) is 0 Å². The van der Waals surface area contributed by atoms with E-state index in [2.05, 4.69) is 13.8 Å². The number of hydrogen-bond acceptors (Lipinski definition) is 3. The van der Waals surface area contributed by atoms with E-state index in [0.29, 0.717) is 41.7 Å². The summed E-state index contributed by atoms with van der Waals surface area (Å²) >= 11 is 4.91. The number of ether oxygens (including phenoxy) is 1. The molecule has 1 aromatic carbocycles. The molecule has 0 unspecified atom stereocenters. The lowest BCUT2D eigenvalue weighted by Gasteiger charge is -2.23. The predicted molar refractivity (Wildman–Crippen MR) is 89.8 cm³/mol. The van der Waals surface area contributed by atoms with Crippen molar-refractivity contribution in [3.8, 4) is 5.75 Å². The molecule has 0 saturated carbocycles. The van der Waals surface area contributed by atoms with Gasteiger partial charge in [0.15, 0.2) is 0 Å². The van der Waals surface area contributed by atoms with Crippen molar-refractivity contribution in [3.63, 3.8) is 0 Å². The normalized spacial score (nSPS) is 10.5. The Morgan fingerprint density at radius 2 is 2.10 bits per heavy atom. The second kappa shape index (κ2) is 8.62. The lowest BCUT2D eigenvalue weighted by molar-refractivity contribution is 0.0752. The summed E-state index contributed by atoms with van der Waals surface area (Å²) in [5.41, 5.74) is 6.18. The predicted octanol–water partition coefficient (Wildman–Crippen LogP) is 2.86. The van der Waals surface area contributed by atoms with E-state index < -0.39 is 0 Å². The quantitative estimate of drug-likeness (QED) is 0.750. The fourth-order valence-corrected chi connectivity index (χ4v) is 2.00. The summed E-state index contributed by atoms with van der Waals surface area (Å²) in [5, 5.41) is 0. The third-order valence-electron chi connectivity index (χ3n) is 3.21. The Hall–Kier alpha value is -1.62. The lowest BCUT2D eigenvalue weighted by Crippen LogP contribution is -2.35. The van der Waals surface area contributed by atoms with Crippen LogP contribution in [0.4, 0.5) is 0 Å². The maximum Gasteiger partial charge on any atom is 0.253 e. The summed E-state index contributed by atoms with van der Waals surface area (Å²) in [7, 11) is 1.59. The number of rotatable bonds is 8. The van der Waals surface area contributed by atoms with Crippen molar-refractivity contribution in [1.82, 2.24) is 4.90 Å². The molecule has 0 radical (unpaired) electrons. The summed E-state index contributed by atoms with van der Waals surface area (Å²) in [4.78, 5) is 14.9. The fourth-order valence-electron chi connectivity index (χ4n) is 1.91. The first-order chi connectivity index (χ1) is 9.93. The van der Waals surface area contributed by atoms with Gasteiger partial charge in [0, 0.05) is 25.1 Å². The van der Waals surface area contributed by atoms with Gasteiger partial charge in [-0.25, -0.2) is 0 Å². The summed E-state index contributed by atoms with van der Waals surface area (Å²) in [5.74, 6) is 1.21. The number of methoxy groups -OCH3 is 1. The van der Waals surface area contributed by atoms with E-state index in [4.69, 9.17) is 22.7 Å². The van der Waals surface area contributed by atoms with Crippen molar-refractivity contribution < 1.29 is 9.53 Å². The smallest absolute Gasteiger partial charge is 0.253 e. The van der Waals surface area contributed by atoms with Crippen LogP contribution in [0.1, 0.15) is 37.0 Å². The summed E-state index contributed by atoms with van der Waals surface area (Å²) < 4.78 is 5.17. The standard InChI is InChI=1S/C16H24N2O2S/c1-12(2)7-9-18(10-8-15(17)21)16(19)13-5-4-6-14(11-13)20-3/h4-6,11-12H,7-10H2,1-3H3,(H2,17,21). The number of thiocarbonyl (C=S) groups is 1. The van der Waals surface area contributed by atoms with Gasteiger partial charge in [-0.1, -0.05) is 32.1 Å². The highest BCUT2D eigenvalue weighted by Crippen LogP contribution is 2.15. The molecule has 0 aliphatic carbocycles. The molecule has 0 heterocycles. The van der Waals surface area contributed by atoms with E-state index in [1.807, 2.05) is 17.0 Å². The third kappa shape index (κ3) is 6.12. The van der Waals surface area contributed by atoms with Crippen LogP contribution in [0.25, 0.3) is 0 Å². The number of hydrogen-bond donors (Lipinski definition) is 1. The van der Waals surface area contributed by atoms with Crippen molar-refractivity contribution in [2.24, 2.45) is 11.7 Å². The number of nitrogens with two attached hydrogens (primary N) is 1. The van der Waals surface area contributed by atoms with Gasteiger partial charge < -0.3 is 15.4 Å². The van der Waals surface area contributed by atoms with Crippen molar-refractivity contribution in [3.05, 3.63) is 29.8 Å². The van der Waals surface area contributed by atoms with Crippen LogP contribution in [0.15, 0.2) is 24.3 Å². The maximum atomic E-state index is 12.6. The van der Waals surface area contributed by atoms with Crippen LogP contribution < -0.4 is 10.5 Å². The fraction of sp³-hybridized carbons (Fsp3) is 0.500. The molecule has 1 amide bonds. The molecule has 1 aromatic rings. The molecular formula is C16H24N2O2S. The van der Waals surface area contributed by atoms with Crippen molar-refractivity contribution >= 4 is 23.1 Å². The molecule has 0 aliphatic rings. The van der Waals surface area contributed by atoms with E-state index in [1.54, 1.807) is 19.2 Å². The molecule has 2 N–H and O–H groups in total. The zero-order valence-electron chi connectivity index (χ0n) is 13.0. The number of nitrogens with zero attached hydrogens (tertiary/aromatic N) is 1. The zero-order valence-corrected chi connectivity index (χ0v) is 13.8. The molecule has 1 rings (SSSR count). The second-order valence-electron chi connectivity index (χ2n) is 5.42. The van der Waals surface area contributed by atoms with Gasteiger partial charge in [-0.2, -0.15) is 0 Å². The van der Waals surface area contributed by atoms with Gasteiger partial charge in [0.05, 0.1) is 12.1 Å². The van der Waals surface area contributed by atoms with E-state index >= 15 is 0 Å². The Bertz CT molecular complexity index is 489. The summed E-state index contributed by atoms with van der Waals surface area (Å²) in [6.45, 7) is 5.54. The Labute approximate surface area is 132 Å². The summed E-state index contributed by atoms with van der Waals surface area (Å²) in [6.07, 6.45) is 1.50. The number of amides is 1. The lowest BCUT2D eigenvalue weighted by atomic mass is 10.1. The van der Waals surface area contributed by atoms with E-state index in [1.165, 1.54) is 0 Å². The maximum absolute atomic E-state index is 12.6. The van der Waals surface area contributed by atoms with Crippen LogP contribution in [0.3, 0.4) is 0 Å². The molecule has 5 heteroatoms. The Morgan fingerprint density at radius 3 is 2.67 bits per heavy atom. The van der Waals surface area contributed by atoms with Gasteiger partial charge in [-0.15, -0.1) is 0 Å². The van der Waals surface area contributed by atoms with E-state index in [9.17, 15) is 4.79 Å². The highest BCUT2D eigenvalue weighted by Gasteiger charge is 2.16. The molecule has 116 valence electrons. The van der Waals surface area contributed by atoms with E-state index in [0.717, 1.165) is 6.42 Å². The topological polar surface area (TPSA) is 55.6 Å². The number of carbonyl (C=O) groups is 1. The molecule has 0 fully saturated rings. The van der Waals surface area contributed by atoms with Gasteiger partial charge >= 0.3 is 0 Å². The van der Waals surface area contributed by atoms with Gasteiger partial charge in [0.25, 0.3) is 5.91 Å². The van der Waals surface area contributed by atoms with Crippen LogP contribution >= 0.6 is 12.2 Å². The Balaban J connectivity index is 2.83. The largest absolute Gasteiger partial charge is 0.497 e. The molecule has 0 aliphatic heterocycles. The third-order valence-corrected chi connectivity index (χ3v) is 3.41. The minimum Gasteiger partial charge on any atom is -0.497 e. The molecule has 21 heavy (non-hydrogen) atoms. The second-order valence-corrected chi connectivity index (χ2v) is 5.95. The molecule has 0 bridgehead atoms. The number of carbonyl (C=O) groups excluding carboxylic acids is 1. The van der Waals surface area contributed by atoms with Crippen molar-refractivity contribution in [2.45, 2.75) is 26.7 Å². The van der Waals surface area contributed by atoms with Gasteiger partial charge in [0.1, 0.15) is 5.75 Å². The highest BCUT2D eigenvalue weighted by molar-refractivity contribution is 7.80. The molecule has 0 spiro atoms. The van der Waals surface area contributed by atoms with Gasteiger partial charge in [0.2, 0.25) is 0 Å². The minimum atomic E-state index is -0.00852. The zero-order chi connectivity index (χ0) is 15.8. The molecular weight excluding hydrogens is 284 g/mol. The average Bonchev–Trinajstić information content (AvgIpc) is 2.46. The Morgan fingerprint density at radius 1 is 1.38 bits per heavy atom. The van der Waals surface area contributed by atoms with E-state index in [-0.39, 0.29) is 5.91 Å². The first-order valence-electron chi connectivity index (χ1n) is 7.15. The molecule has 0 aromatic heterocycles. The van der Waals surface area contributed by atoms with Crippen molar-refractivity contribution in [2.75, 3.05) is 20.2 Å². The van der Waals surface area contributed by atoms with Crippen LogP contribution in [-0.2, 0) is 0 Å². The Kier molecular flexibility index (Phi) is 7.15. The van der Waals surface area contributed by atoms with Crippen LogP contribution in [0, 0.1) is 5.92 Å². The van der Waals surface area contributed by atoms with Gasteiger partial charge in [-0.05, 0) is 30.5 Å². The minimum absolute atomic E-state index is 0.00852. The van der Waals surface area contributed by atoms with Crippen LogP contribution in [0.2, 0.25) is 0 Å². The first-order valence-corrected chi connectivity index (χ1v) is 7.56. The first kappa shape index (κ1) is 17.4. The average molecular weight is 308 g/mol. The summed E-state index contributed by atoms with van der Waals surface area (Å²) in [6, 6.07) is 7.20. The SMILES string of the molecule is COc1cccc(C(=O)N(CCC(N)=S)CCC(C)C)c1. The molecule has 4 nitrogen and oxygen atoms in total. The van der Waals surface area contributed by atoms with Gasteiger partial charge in [-0.3, -0.25) is 4.79 Å². The molecule has 0 saturated heterocycles. The van der Waals surface area contributed by atoms with Crippen LogP contribution in [-0.4, -0.2) is 36.0 Å². The highest BCUT2D eigenvalue weighted by atomic mass is 32.1. The monoisotopic (exact) mass is 308 g/mol. The molecule has 0 atom stereocenters. The van der Waals surface area contributed by atoms with Crippen LogP contribution in [0.5, 0.6) is 5.75 Å². The number of benzene rings is 1.